The molecular formula is C18H20N2O6. The van der Waals surface area contributed by atoms with Crippen LogP contribution in [0, 0.1) is 0 Å². The average Bonchev–Trinajstić information content (AvgIpc) is 3.01. The van der Waals surface area contributed by atoms with Crippen molar-refractivity contribution in [1.82, 2.24) is 11.0 Å². The fourth-order valence-corrected chi connectivity index (χ4v) is 3.19. The second kappa shape index (κ2) is 6.72. The SMILES string of the molecule is CC1=C(C(=O)O)C(c2cccc3c2ONO3)C(C(=O)OC(C)C)=C(C)N1. The van der Waals surface area contributed by atoms with Crippen LogP contribution in [0.3, 0.4) is 0 Å². The van der Waals surface area contributed by atoms with Crippen molar-refractivity contribution >= 4 is 11.9 Å². The lowest BCUT2D eigenvalue weighted by Gasteiger charge is -2.30. The first kappa shape index (κ1) is 17.8. The lowest BCUT2D eigenvalue weighted by atomic mass is 9.80. The molecule has 0 aliphatic carbocycles. The summed E-state index contributed by atoms with van der Waals surface area (Å²) in [5, 5.41) is 12.8. The minimum absolute atomic E-state index is 0.0511. The Morgan fingerprint density at radius 2 is 1.85 bits per heavy atom. The molecule has 0 spiro atoms. The highest BCUT2D eigenvalue weighted by Gasteiger charge is 2.40. The van der Waals surface area contributed by atoms with Crippen LogP contribution in [0.5, 0.6) is 11.5 Å². The predicted molar refractivity (Wildman–Crippen MR) is 91.0 cm³/mol. The molecule has 0 radical (unpaired) electrons. The van der Waals surface area contributed by atoms with Crippen LogP contribution in [-0.2, 0) is 14.3 Å². The van der Waals surface area contributed by atoms with Crippen LogP contribution in [-0.4, -0.2) is 23.1 Å². The minimum atomic E-state index is -1.13. The largest absolute Gasteiger partial charge is 0.478 e. The summed E-state index contributed by atoms with van der Waals surface area (Å²) in [6, 6.07) is 5.10. The molecule has 1 unspecified atom stereocenters. The number of carboxylic acids is 1. The summed E-state index contributed by atoms with van der Waals surface area (Å²) >= 11 is 0. The number of hydrogen-bond donors (Lipinski definition) is 3. The molecule has 2 heterocycles. The second-order valence-corrected chi connectivity index (χ2v) is 6.36. The van der Waals surface area contributed by atoms with Crippen molar-refractivity contribution in [2.24, 2.45) is 0 Å². The quantitative estimate of drug-likeness (QED) is 0.702. The molecule has 0 aromatic heterocycles. The summed E-state index contributed by atoms with van der Waals surface area (Å²) in [7, 11) is 0. The van der Waals surface area contributed by atoms with Gasteiger partial charge in [0.1, 0.15) is 0 Å². The fraction of sp³-hybridized carbons (Fsp3) is 0.333. The number of aliphatic carboxylic acids is 1. The molecule has 2 aliphatic heterocycles. The fourth-order valence-electron chi connectivity index (χ4n) is 3.19. The van der Waals surface area contributed by atoms with Crippen LogP contribution in [0.1, 0.15) is 39.2 Å². The van der Waals surface area contributed by atoms with Gasteiger partial charge in [0.2, 0.25) is 0 Å². The van der Waals surface area contributed by atoms with E-state index in [-0.39, 0.29) is 17.3 Å². The minimum Gasteiger partial charge on any atom is -0.478 e. The van der Waals surface area contributed by atoms with E-state index in [1.165, 1.54) is 0 Å². The van der Waals surface area contributed by atoms with E-state index < -0.39 is 17.9 Å². The van der Waals surface area contributed by atoms with E-state index in [9.17, 15) is 14.7 Å². The number of nitrogens with one attached hydrogen (secondary N) is 2. The number of hydrogen-bond acceptors (Lipinski definition) is 7. The van der Waals surface area contributed by atoms with Crippen LogP contribution in [0.4, 0.5) is 0 Å². The highest BCUT2D eigenvalue weighted by Crippen LogP contribution is 2.46. The zero-order valence-electron chi connectivity index (χ0n) is 14.9. The van der Waals surface area contributed by atoms with Crippen LogP contribution in [0.15, 0.2) is 40.7 Å². The number of allylic oxidation sites excluding steroid dienone is 2. The van der Waals surface area contributed by atoms with Gasteiger partial charge in [-0.25, -0.2) is 9.59 Å². The standard InChI is InChI=1S/C18H20N2O6/c1-8(2)24-18(23)14-10(4)19-9(3)13(17(21)22)15(14)11-6-5-7-12-16(11)26-20-25-12/h5-8,15,19-20H,1-4H3,(H,21,22). The monoisotopic (exact) mass is 360 g/mol. The first-order chi connectivity index (χ1) is 12.3. The summed E-state index contributed by atoms with van der Waals surface area (Å²) in [5.74, 6) is -1.82. The predicted octanol–water partition coefficient (Wildman–Crippen LogP) is 2.15. The number of carboxylic acid groups (broad SMARTS) is 1. The smallest absolute Gasteiger partial charge is 0.337 e. The summed E-state index contributed by atoms with van der Waals surface area (Å²) in [5.41, 5.74) is 4.06. The Labute approximate surface area is 150 Å². The Bertz CT molecular complexity index is 840. The average molecular weight is 360 g/mol. The van der Waals surface area contributed by atoms with Gasteiger partial charge in [-0.05, 0) is 33.8 Å². The number of para-hydroxylation sites is 1. The molecule has 0 bridgehead atoms. The highest BCUT2D eigenvalue weighted by atomic mass is 16.9. The molecule has 8 nitrogen and oxygen atoms in total. The first-order valence-electron chi connectivity index (χ1n) is 8.15. The third-order valence-electron chi connectivity index (χ3n) is 4.17. The number of ether oxygens (including phenoxy) is 1. The maximum Gasteiger partial charge on any atom is 0.337 e. The Hall–Kier alpha value is -3.00. The summed E-state index contributed by atoms with van der Waals surface area (Å²) in [6.45, 7) is 6.84. The van der Waals surface area contributed by atoms with Gasteiger partial charge in [0.05, 0.1) is 23.2 Å². The molecule has 3 N–H and O–H groups in total. The molecule has 0 saturated carbocycles. The van der Waals surface area contributed by atoms with E-state index in [4.69, 9.17) is 14.4 Å². The van der Waals surface area contributed by atoms with Crippen molar-refractivity contribution in [3.05, 3.63) is 46.3 Å². The third-order valence-corrected chi connectivity index (χ3v) is 4.17. The molecule has 0 amide bonds. The summed E-state index contributed by atoms with van der Waals surface area (Å²) < 4.78 is 5.35. The molecule has 138 valence electrons. The van der Waals surface area contributed by atoms with Crippen molar-refractivity contribution in [3.63, 3.8) is 0 Å². The lowest BCUT2D eigenvalue weighted by molar-refractivity contribution is -0.143. The molecule has 1 atom stereocenters. The maximum absolute atomic E-state index is 12.8. The Balaban J connectivity index is 2.20. The molecule has 0 saturated heterocycles. The summed E-state index contributed by atoms with van der Waals surface area (Å²) in [6.07, 6.45) is -0.341. The maximum atomic E-state index is 12.8. The molecule has 8 heteroatoms. The van der Waals surface area contributed by atoms with Gasteiger partial charge in [0, 0.05) is 22.6 Å². The molecule has 0 fully saturated rings. The van der Waals surface area contributed by atoms with Gasteiger partial charge in [0.25, 0.3) is 0 Å². The summed E-state index contributed by atoms with van der Waals surface area (Å²) in [4.78, 5) is 35.2. The van der Waals surface area contributed by atoms with Gasteiger partial charge in [-0.15, -0.1) is 0 Å². The first-order valence-corrected chi connectivity index (χ1v) is 8.15. The van der Waals surface area contributed by atoms with Crippen LogP contribution in [0.25, 0.3) is 0 Å². The van der Waals surface area contributed by atoms with Crippen LogP contribution in [0.2, 0.25) is 0 Å². The van der Waals surface area contributed by atoms with E-state index in [0.29, 0.717) is 28.5 Å². The number of dihydropyridines is 1. The Kier molecular flexibility index (Phi) is 4.60. The molecule has 2 aliphatic rings. The normalized spacial score (nSPS) is 18.9. The van der Waals surface area contributed by atoms with Crippen molar-refractivity contribution in [1.29, 1.82) is 0 Å². The Morgan fingerprint density at radius 1 is 1.15 bits per heavy atom. The molecule has 1 aromatic carbocycles. The van der Waals surface area contributed by atoms with Gasteiger partial charge in [-0.1, -0.05) is 12.1 Å². The van der Waals surface area contributed by atoms with E-state index >= 15 is 0 Å². The molecule has 1 aromatic rings. The number of benzene rings is 1. The molecule has 26 heavy (non-hydrogen) atoms. The van der Waals surface area contributed by atoms with Crippen LogP contribution >= 0.6 is 0 Å². The number of carbonyl (C=O) groups excluding carboxylic acids is 1. The third kappa shape index (κ3) is 2.99. The number of fused-ring (bicyclic) bond motifs is 1. The van der Waals surface area contributed by atoms with Crippen molar-refractivity contribution in [2.45, 2.75) is 39.7 Å². The van der Waals surface area contributed by atoms with Gasteiger partial charge in [-0.3, -0.25) is 0 Å². The van der Waals surface area contributed by atoms with E-state index in [2.05, 4.69) is 11.0 Å². The van der Waals surface area contributed by atoms with Crippen molar-refractivity contribution in [2.75, 3.05) is 0 Å². The van der Waals surface area contributed by atoms with Crippen molar-refractivity contribution in [3.8, 4) is 11.5 Å². The number of rotatable bonds is 4. The van der Waals surface area contributed by atoms with Gasteiger partial charge in [-0.2, -0.15) is 0 Å². The Morgan fingerprint density at radius 3 is 2.50 bits per heavy atom. The van der Waals surface area contributed by atoms with Crippen LogP contribution < -0.4 is 20.6 Å². The number of carbonyl (C=O) groups is 2. The van der Waals surface area contributed by atoms with Gasteiger partial charge >= 0.3 is 11.9 Å². The van der Waals surface area contributed by atoms with Gasteiger partial charge in [0.15, 0.2) is 11.5 Å². The molecule has 3 rings (SSSR count). The highest BCUT2D eigenvalue weighted by molar-refractivity contribution is 5.99. The lowest BCUT2D eigenvalue weighted by Crippen LogP contribution is -2.32. The second-order valence-electron chi connectivity index (χ2n) is 6.36. The number of esters is 1. The zero-order valence-corrected chi connectivity index (χ0v) is 14.9. The topological polar surface area (TPSA) is 106 Å². The van der Waals surface area contributed by atoms with Crippen molar-refractivity contribution < 1.29 is 29.1 Å². The van der Waals surface area contributed by atoms with E-state index in [1.807, 2.05) is 0 Å². The molecular weight excluding hydrogens is 340 g/mol. The van der Waals surface area contributed by atoms with E-state index in [0.717, 1.165) is 0 Å². The van der Waals surface area contributed by atoms with Gasteiger partial charge < -0.3 is 24.8 Å². The van der Waals surface area contributed by atoms with E-state index in [1.54, 1.807) is 45.9 Å². The zero-order chi connectivity index (χ0) is 19.0.